The highest BCUT2D eigenvalue weighted by Gasteiger charge is 2.15. The number of carbonyl (C=O) groups is 1. The van der Waals surface area contributed by atoms with Crippen molar-refractivity contribution >= 4 is 69.0 Å². The summed E-state index contributed by atoms with van der Waals surface area (Å²) in [5.74, 6) is -0.166. The van der Waals surface area contributed by atoms with Gasteiger partial charge in [0.25, 0.3) is 11.9 Å². The summed E-state index contributed by atoms with van der Waals surface area (Å²) in [6.07, 6.45) is 3.01. The monoisotopic (exact) mass is 448 g/mol. The van der Waals surface area contributed by atoms with E-state index in [0.717, 1.165) is 16.8 Å². The summed E-state index contributed by atoms with van der Waals surface area (Å²) in [6.45, 7) is 0. The van der Waals surface area contributed by atoms with Gasteiger partial charge in [-0.3, -0.25) is 10.1 Å². The summed E-state index contributed by atoms with van der Waals surface area (Å²) < 4.78 is 1.62. The molecule has 0 unspecified atom stereocenters. The Hall–Kier alpha value is -2.38. The molecule has 140 valence electrons. The van der Waals surface area contributed by atoms with Crippen molar-refractivity contribution in [1.29, 1.82) is 0 Å². The van der Waals surface area contributed by atoms with Crippen molar-refractivity contribution in [3.8, 4) is 11.3 Å². The molecule has 9 heteroatoms. The van der Waals surface area contributed by atoms with Gasteiger partial charge in [-0.1, -0.05) is 53.0 Å². The van der Waals surface area contributed by atoms with Gasteiger partial charge in [0, 0.05) is 27.1 Å². The number of amides is 1. The van der Waals surface area contributed by atoms with Gasteiger partial charge in [-0.2, -0.15) is 4.98 Å². The van der Waals surface area contributed by atoms with Crippen LogP contribution in [0.5, 0.6) is 0 Å². The molecule has 1 N–H and O–H groups in total. The number of benzene rings is 2. The topological polar surface area (TPSA) is 59.3 Å². The number of aromatic nitrogens is 3. The molecule has 4 rings (SSSR count). The fourth-order valence-electron chi connectivity index (χ4n) is 2.54. The van der Waals surface area contributed by atoms with E-state index in [1.807, 2.05) is 23.6 Å². The van der Waals surface area contributed by atoms with Crippen molar-refractivity contribution in [1.82, 2.24) is 14.6 Å². The molecular weight excluding hydrogens is 439 g/mol. The zero-order valence-corrected chi connectivity index (χ0v) is 17.1. The summed E-state index contributed by atoms with van der Waals surface area (Å²) in [6, 6.07) is 12.4. The van der Waals surface area contributed by atoms with Crippen LogP contribution in [-0.2, 0) is 4.79 Å². The average molecular weight is 450 g/mol. The van der Waals surface area contributed by atoms with Crippen molar-refractivity contribution in [2.75, 3.05) is 5.32 Å². The van der Waals surface area contributed by atoms with E-state index in [1.54, 1.807) is 34.9 Å². The summed E-state index contributed by atoms with van der Waals surface area (Å²) in [4.78, 5) is 17.1. The lowest BCUT2D eigenvalue weighted by Gasteiger charge is -2.02. The highest BCUT2D eigenvalue weighted by Crippen LogP contribution is 2.33. The van der Waals surface area contributed by atoms with Crippen molar-refractivity contribution in [2.24, 2.45) is 0 Å². The van der Waals surface area contributed by atoms with Gasteiger partial charge in [-0.15, -0.1) is 16.4 Å². The quantitative estimate of drug-likeness (QED) is 0.385. The number of halogens is 3. The molecule has 0 saturated carbocycles. The molecule has 0 saturated heterocycles. The second-order valence-electron chi connectivity index (χ2n) is 5.72. The molecule has 28 heavy (non-hydrogen) atoms. The van der Waals surface area contributed by atoms with Gasteiger partial charge >= 0.3 is 0 Å². The number of nitrogens with zero attached hydrogens (tertiary/aromatic N) is 3. The van der Waals surface area contributed by atoms with E-state index in [1.165, 1.54) is 17.4 Å². The summed E-state index contributed by atoms with van der Waals surface area (Å²) >= 11 is 19.8. The van der Waals surface area contributed by atoms with Gasteiger partial charge < -0.3 is 0 Å². The molecule has 0 aliphatic heterocycles. The lowest BCUT2D eigenvalue weighted by atomic mass is 10.2. The fourth-order valence-corrected chi connectivity index (χ4v) is 3.95. The zero-order chi connectivity index (χ0) is 19.7. The van der Waals surface area contributed by atoms with Crippen molar-refractivity contribution in [3.63, 3.8) is 0 Å². The fraction of sp³-hybridized carbons (Fsp3) is 0. The lowest BCUT2D eigenvalue weighted by Crippen LogP contribution is -2.09. The first kappa shape index (κ1) is 19.0. The molecule has 0 atom stereocenters. The Kier molecular flexibility index (Phi) is 5.37. The maximum absolute atomic E-state index is 12.2. The Balaban J connectivity index is 1.57. The van der Waals surface area contributed by atoms with E-state index in [-0.39, 0.29) is 11.9 Å². The van der Waals surface area contributed by atoms with Crippen LogP contribution >= 0.6 is 46.1 Å². The van der Waals surface area contributed by atoms with Gasteiger partial charge in [0.1, 0.15) is 0 Å². The first-order chi connectivity index (χ1) is 13.5. The number of hydrogen-bond acceptors (Lipinski definition) is 4. The maximum atomic E-state index is 12.2. The maximum Gasteiger partial charge on any atom is 0.250 e. The Labute approximate surface area is 179 Å². The highest BCUT2D eigenvalue weighted by molar-refractivity contribution is 7.15. The number of hydrogen-bond donors (Lipinski definition) is 1. The number of fused-ring (bicyclic) bond motifs is 1. The number of rotatable bonds is 4. The summed E-state index contributed by atoms with van der Waals surface area (Å²) in [5.41, 5.74) is 2.23. The number of nitrogens with one attached hydrogen (secondary N) is 1. The lowest BCUT2D eigenvalue weighted by molar-refractivity contribution is -0.111. The van der Waals surface area contributed by atoms with E-state index in [2.05, 4.69) is 15.4 Å². The minimum absolute atomic E-state index is 0.194. The largest absolute Gasteiger partial charge is 0.290 e. The van der Waals surface area contributed by atoms with E-state index in [9.17, 15) is 4.79 Å². The molecule has 4 aromatic rings. The highest BCUT2D eigenvalue weighted by atomic mass is 35.5. The number of anilines is 1. The molecule has 2 heterocycles. The van der Waals surface area contributed by atoms with Crippen LogP contribution in [0, 0.1) is 0 Å². The first-order valence-corrected chi connectivity index (χ1v) is 10.1. The normalized spacial score (nSPS) is 11.4. The number of carbonyl (C=O) groups excluding carboxylic acids is 1. The third-order valence-corrected chi connectivity index (χ3v) is 5.57. The Morgan fingerprint density at radius 1 is 1.11 bits per heavy atom. The van der Waals surface area contributed by atoms with Crippen molar-refractivity contribution in [2.45, 2.75) is 0 Å². The zero-order valence-electron chi connectivity index (χ0n) is 14.1. The van der Waals surface area contributed by atoms with Gasteiger partial charge in [0.2, 0.25) is 4.96 Å². The Morgan fingerprint density at radius 2 is 1.93 bits per heavy atom. The summed E-state index contributed by atoms with van der Waals surface area (Å²) in [7, 11) is 0. The molecule has 0 aliphatic carbocycles. The van der Waals surface area contributed by atoms with Crippen LogP contribution in [-0.4, -0.2) is 20.5 Å². The van der Waals surface area contributed by atoms with Gasteiger partial charge in [-0.05, 0) is 35.9 Å². The molecule has 2 aromatic heterocycles. The average Bonchev–Trinajstić information content (AvgIpc) is 3.23. The predicted molar refractivity (Wildman–Crippen MR) is 115 cm³/mol. The van der Waals surface area contributed by atoms with Crippen LogP contribution in [0.25, 0.3) is 22.3 Å². The number of thiazole rings is 1. The SMILES string of the molecule is O=C(/C=C/c1ccccc1Cl)Nc1nc2scc(-c3cc(Cl)ccc3Cl)n2n1. The van der Waals surface area contributed by atoms with E-state index >= 15 is 0 Å². The molecular formula is C19H11Cl3N4OS. The van der Waals surface area contributed by atoms with Crippen LogP contribution in [0.4, 0.5) is 5.95 Å². The minimum Gasteiger partial charge on any atom is -0.290 e. The van der Waals surface area contributed by atoms with E-state index in [0.29, 0.717) is 20.0 Å². The second-order valence-corrected chi connectivity index (χ2v) is 7.81. The van der Waals surface area contributed by atoms with E-state index in [4.69, 9.17) is 34.8 Å². The molecule has 5 nitrogen and oxygen atoms in total. The van der Waals surface area contributed by atoms with Crippen LogP contribution in [0.15, 0.2) is 53.9 Å². The smallest absolute Gasteiger partial charge is 0.250 e. The molecule has 0 spiro atoms. The Morgan fingerprint density at radius 3 is 2.75 bits per heavy atom. The van der Waals surface area contributed by atoms with Crippen molar-refractivity contribution < 1.29 is 4.79 Å². The third kappa shape index (κ3) is 3.91. The molecule has 0 bridgehead atoms. The van der Waals surface area contributed by atoms with Gasteiger partial charge in [-0.25, -0.2) is 4.52 Å². The molecule has 0 fully saturated rings. The van der Waals surface area contributed by atoms with E-state index < -0.39 is 0 Å². The van der Waals surface area contributed by atoms with Crippen molar-refractivity contribution in [3.05, 3.63) is 74.6 Å². The first-order valence-electron chi connectivity index (χ1n) is 8.04. The van der Waals surface area contributed by atoms with Crippen LogP contribution in [0.1, 0.15) is 5.56 Å². The third-order valence-electron chi connectivity index (χ3n) is 3.84. The Bertz CT molecular complexity index is 1220. The molecule has 2 aromatic carbocycles. The van der Waals surface area contributed by atoms with Gasteiger partial charge in [0.05, 0.1) is 10.7 Å². The molecule has 1 amide bonds. The molecule has 0 aliphatic rings. The second kappa shape index (κ2) is 7.93. The van der Waals surface area contributed by atoms with Gasteiger partial charge in [0.15, 0.2) is 0 Å². The van der Waals surface area contributed by atoms with Crippen LogP contribution < -0.4 is 5.32 Å². The predicted octanol–water partition coefficient (Wildman–Crippen LogP) is 6.07. The van der Waals surface area contributed by atoms with Crippen LogP contribution in [0.3, 0.4) is 0 Å². The van der Waals surface area contributed by atoms with Crippen LogP contribution in [0.2, 0.25) is 15.1 Å². The minimum atomic E-state index is -0.361. The summed E-state index contributed by atoms with van der Waals surface area (Å²) in [5, 5.41) is 10.6. The molecule has 0 radical (unpaired) electrons. The standard InChI is InChI=1S/C19H11Cl3N4OS/c20-12-6-7-15(22)13(9-12)16-10-28-19-24-18(25-26(16)19)23-17(27)8-5-11-3-1-2-4-14(11)21/h1-10H,(H,23,25,27)/b8-5+.